The van der Waals surface area contributed by atoms with E-state index in [4.69, 9.17) is 5.84 Å². The van der Waals surface area contributed by atoms with Crippen LogP contribution in [0.2, 0.25) is 0 Å². The van der Waals surface area contributed by atoms with Crippen molar-refractivity contribution < 1.29 is 5.11 Å². The molecule has 0 aliphatic heterocycles. The maximum Gasteiger partial charge on any atom is 0.120 e. The Morgan fingerprint density at radius 1 is 1.43 bits per heavy atom. The fraction of sp³-hybridized carbons (Fsp3) is 0.455. The summed E-state index contributed by atoms with van der Waals surface area (Å²) in [5.41, 5.74) is 3.61. The Labute approximate surface area is 84.9 Å². The van der Waals surface area contributed by atoms with Crippen LogP contribution >= 0.6 is 0 Å². The minimum atomic E-state index is 0.0520. The number of benzene rings is 1. The summed E-state index contributed by atoms with van der Waals surface area (Å²) < 4.78 is 0. The molecule has 3 heteroatoms. The SMILES string of the molecule is CCCCC(NN)c1ccccc1O. The van der Waals surface area contributed by atoms with Gasteiger partial charge in [0.2, 0.25) is 0 Å². The first-order chi connectivity index (χ1) is 6.79. The number of rotatable bonds is 5. The van der Waals surface area contributed by atoms with E-state index >= 15 is 0 Å². The second-order valence-corrected chi connectivity index (χ2v) is 3.42. The van der Waals surface area contributed by atoms with Crippen molar-refractivity contribution in [3.8, 4) is 5.75 Å². The van der Waals surface area contributed by atoms with Gasteiger partial charge in [0.05, 0.1) is 0 Å². The van der Waals surface area contributed by atoms with E-state index in [-0.39, 0.29) is 6.04 Å². The summed E-state index contributed by atoms with van der Waals surface area (Å²) in [5, 5.41) is 9.62. The van der Waals surface area contributed by atoms with Crippen LogP contribution in [0.25, 0.3) is 0 Å². The lowest BCUT2D eigenvalue weighted by molar-refractivity contribution is 0.434. The van der Waals surface area contributed by atoms with Gasteiger partial charge in [-0.15, -0.1) is 0 Å². The minimum absolute atomic E-state index is 0.0520. The molecular weight excluding hydrogens is 176 g/mol. The number of phenols is 1. The van der Waals surface area contributed by atoms with Gasteiger partial charge in [-0.2, -0.15) is 0 Å². The molecule has 3 nitrogen and oxygen atoms in total. The van der Waals surface area contributed by atoms with Crippen LogP contribution in [-0.4, -0.2) is 5.11 Å². The standard InChI is InChI=1S/C11H18N2O/c1-2-3-7-10(13-12)9-6-4-5-8-11(9)14/h4-6,8,10,13-14H,2-3,7,12H2,1H3. The molecular formula is C11H18N2O. The van der Waals surface area contributed by atoms with Crippen molar-refractivity contribution in [2.45, 2.75) is 32.2 Å². The molecule has 0 aromatic heterocycles. The van der Waals surface area contributed by atoms with E-state index in [0.29, 0.717) is 5.75 Å². The molecule has 78 valence electrons. The molecule has 1 aromatic carbocycles. The zero-order chi connectivity index (χ0) is 10.4. The van der Waals surface area contributed by atoms with Gasteiger partial charge in [0.25, 0.3) is 0 Å². The fourth-order valence-corrected chi connectivity index (χ4v) is 1.52. The topological polar surface area (TPSA) is 58.3 Å². The molecule has 0 aliphatic carbocycles. The largest absolute Gasteiger partial charge is 0.508 e. The number of nitrogens with two attached hydrogens (primary N) is 1. The molecule has 1 rings (SSSR count). The van der Waals surface area contributed by atoms with E-state index < -0.39 is 0 Å². The Morgan fingerprint density at radius 2 is 2.14 bits per heavy atom. The van der Waals surface area contributed by atoms with Crippen LogP contribution in [-0.2, 0) is 0 Å². The molecule has 1 unspecified atom stereocenters. The van der Waals surface area contributed by atoms with Crippen molar-refractivity contribution in [3.63, 3.8) is 0 Å². The van der Waals surface area contributed by atoms with Crippen molar-refractivity contribution in [3.05, 3.63) is 29.8 Å². The molecule has 0 fully saturated rings. The lowest BCUT2D eigenvalue weighted by Crippen LogP contribution is -2.27. The third kappa shape index (κ3) is 2.72. The molecule has 14 heavy (non-hydrogen) atoms. The van der Waals surface area contributed by atoms with Gasteiger partial charge in [-0.1, -0.05) is 38.0 Å². The van der Waals surface area contributed by atoms with E-state index in [1.807, 2.05) is 18.2 Å². The van der Waals surface area contributed by atoms with Gasteiger partial charge < -0.3 is 5.11 Å². The summed E-state index contributed by atoms with van der Waals surface area (Å²) in [7, 11) is 0. The normalized spacial score (nSPS) is 12.7. The molecule has 0 saturated carbocycles. The number of para-hydroxylation sites is 1. The molecule has 0 spiro atoms. The number of nitrogens with one attached hydrogen (secondary N) is 1. The molecule has 1 aromatic rings. The van der Waals surface area contributed by atoms with Gasteiger partial charge >= 0.3 is 0 Å². The molecule has 0 amide bonds. The Hall–Kier alpha value is -1.06. The van der Waals surface area contributed by atoms with Crippen LogP contribution in [0.3, 0.4) is 0 Å². The van der Waals surface area contributed by atoms with Crippen LogP contribution in [0.15, 0.2) is 24.3 Å². The van der Waals surface area contributed by atoms with Gasteiger partial charge in [0.15, 0.2) is 0 Å². The Kier molecular flexibility index (Phi) is 4.43. The Morgan fingerprint density at radius 3 is 2.71 bits per heavy atom. The van der Waals surface area contributed by atoms with Gasteiger partial charge in [-0.25, -0.2) is 0 Å². The number of phenolic OH excluding ortho intramolecular Hbond substituents is 1. The monoisotopic (exact) mass is 194 g/mol. The van der Waals surface area contributed by atoms with Gasteiger partial charge in [0.1, 0.15) is 5.75 Å². The average Bonchev–Trinajstić information content (AvgIpc) is 2.21. The van der Waals surface area contributed by atoms with Crippen LogP contribution in [0, 0.1) is 0 Å². The highest BCUT2D eigenvalue weighted by Crippen LogP contribution is 2.26. The quantitative estimate of drug-likeness (QED) is 0.497. The molecule has 0 bridgehead atoms. The second-order valence-electron chi connectivity index (χ2n) is 3.42. The molecule has 1 atom stereocenters. The summed E-state index contributed by atoms with van der Waals surface area (Å²) in [4.78, 5) is 0. The maximum atomic E-state index is 9.62. The number of hydrogen-bond acceptors (Lipinski definition) is 3. The number of aromatic hydroxyl groups is 1. The fourth-order valence-electron chi connectivity index (χ4n) is 1.52. The van der Waals surface area contributed by atoms with Crippen LogP contribution in [0.5, 0.6) is 5.75 Å². The number of hydrogen-bond donors (Lipinski definition) is 3. The lowest BCUT2D eigenvalue weighted by Gasteiger charge is -2.16. The van der Waals surface area contributed by atoms with Crippen molar-refractivity contribution in [1.82, 2.24) is 5.43 Å². The van der Waals surface area contributed by atoms with Crippen LogP contribution < -0.4 is 11.3 Å². The molecule has 0 aliphatic rings. The van der Waals surface area contributed by atoms with Crippen molar-refractivity contribution in [2.24, 2.45) is 5.84 Å². The third-order valence-electron chi connectivity index (χ3n) is 2.36. The maximum absolute atomic E-state index is 9.62. The number of unbranched alkanes of at least 4 members (excludes halogenated alkanes) is 1. The van der Waals surface area contributed by atoms with Gasteiger partial charge in [-0.3, -0.25) is 11.3 Å². The van der Waals surface area contributed by atoms with Crippen LogP contribution in [0.4, 0.5) is 0 Å². The molecule has 0 heterocycles. The van der Waals surface area contributed by atoms with E-state index in [0.717, 1.165) is 24.8 Å². The smallest absolute Gasteiger partial charge is 0.120 e. The zero-order valence-electron chi connectivity index (χ0n) is 8.53. The highest BCUT2D eigenvalue weighted by molar-refractivity contribution is 5.34. The highest BCUT2D eigenvalue weighted by Gasteiger charge is 2.11. The van der Waals surface area contributed by atoms with Gasteiger partial charge in [0, 0.05) is 11.6 Å². The first-order valence-corrected chi connectivity index (χ1v) is 5.03. The van der Waals surface area contributed by atoms with E-state index in [2.05, 4.69) is 12.3 Å². The first kappa shape index (κ1) is 11.0. The summed E-state index contributed by atoms with van der Waals surface area (Å²) in [5.74, 6) is 5.76. The second kappa shape index (κ2) is 5.62. The van der Waals surface area contributed by atoms with Crippen molar-refractivity contribution >= 4 is 0 Å². The van der Waals surface area contributed by atoms with Crippen LogP contribution in [0.1, 0.15) is 37.8 Å². The first-order valence-electron chi connectivity index (χ1n) is 5.03. The predicted molar refractivity (Wildman–Crippen MR) is 57.7 cm³/mol. The molecule has 0 saturated heterocycles. The average molecular weight is 194 g/mol. The predicted octanol–water partition coefficient (Wildman–Crippen LogP) is 2.09. The Bertz CT molecular complexity index is 276. The highest BCUT2D eigenvalue weighted by atomic mass is 16.3. The molecule has 0 radical (unpaired) electrons. The van der Waals surface area contributed by atoms with E-state index in [1.165, 1.54) is 0 Å². The summed E-state index contributed by atoms with van der Waals surface area (Å²) in [6.07, 6.45) is 3.18. The summed E-state index contributed by atoms with van der Waals surface area (Å²) in [6.45, 7) is 2.14. The van der Waals surface area contributed by atoms with E-state index in [9.17, 15) is 5.11 Å². The summed E-state index contributed by atoms with van der Waals surface area (Å²) >= 11 is 0. The molecule has 4 N–H and O–H groups in total. The zero-order valence-corrected chi connectivity index (χ0v) is 8.53. The van der Waals surface area contributed by atoms with Crippen molar-refractivity contribution in [2.75, 3.05) is 0 Å². The van der Waals surface area contributed by atoms with Crippen molar-refractivity contribution in [1.29, 1.82) is 0 Å². The van der Waals surface area contributed by atoms with Gasteiger partial charge in [-0.05, 0) is 12.5 Å². The third-order valence-corrected chi connectivity index (χ3v) is 2.36. The minimum Gasteiger partial charge on any atom is -0.508 e. The lowest BCUT2D eigenvalue weighted by atomic mass is 10.0. The number of hydrazine groups is 1. The van der Waals surface area contributed by atoms with E-state index in [1.54, 1.807) is 6.07 Å². The Balaban J connectivity index is 2.73. The summed E-state index contributed by atoms with van der Waals surface area (Å²) in [6, 6.07) is 7.36.